The van der Waals surface area contributed by atoms with Crippen molar-refractivity contribution in [1.82, 2.24) is 0 Å². The maximum Gasteiger partial charge on any atom is 0.229 e. The first kappa shape index (κ1) is 17.7. The number of hydrogen-bond donors (Lipinski definition) is 1. The molecule has 0 spiro atoms. The van der Waals surface area contributed by atoms with Gasteiger partial charge < -0.3 is 15.0 Å². The first-order chi connectivity index (χ1) is 14.1. The number of hydrogen-bond acceptors (Lipinski definition) is 3. The Morgan fingerprint density at radius 2 is 1.86 bits per heavy atom. The summed E-state index contributed by atoms with van der Waals surface area (Å²) in [7, 11) is 1.59. The molecule has 5 heteroatoms. The zero-order chi connectivity index (χ0) is 20.0. The topological polar surface area (TPSA) is 58.6 Å². The third-order valence-corrected chi connectivity index (χ3v) is 5.98. The van der Waals surface area contributed by atoms with Gasteiger partial charge in [0.25, 0.3) is 0 Å². The van der Waals surface area contributed by atoms with Crippen molar-refractivity contribution < 1.29 is 14.3 Å². The highest BCUT2D eigenvalue weighted by Crippen LogP contribution is 2.38. The Bertz CT molecular complexity index is 1130. The van der Waals surface area contributed by atoms with Crippen molar-refractivity contribution in [1.29, 1.82) is 0 Å². The second-order valence-electron chi connectivity index (χ2n) is 7.71. The Morgan fingerprint density at radius 3 is 2.69 bits per heavy atom. The molecule has 3 aromatic rings. The summed E-state index contributed by atoms with van der Waals surface area (Å²) in [5.41, 5.74) is 4.27. The van der Waals surface area contributed by atoms with E-state index in [-0.39, 0.29) is 24.2 Å². The molecule has 3 aromatic carbocycles. The van der Waals surface area contributed by atoms with Gasteiger partial charge in [0.15, 0.2) is 0 Å². The standard InChI is InChI=1S/C24H22N2O3/c1-29-19-6-3-5-18(13-19)25-24(28)17-12-22(27)26(14-17)21-11-10-16-9-8-15-4-2-7-20(21)23(15)16/h2-7,10-11,13,17H,8-9,12,14H2,1H3,(H,25,28). The monoisotopic (exact) mass is 386 g/mol. The van der Waals surface area contributed by atoms with Crippen LogP contribution in [0.25, 0.3) is 10.8 Å². The number of nitrogens with zero attached hydrogens (tertiary/aromatic N) is 1. The Kier molecular flexibility index (Phi) is 4.23. The second kappa shape index (κ2) is 6.92. The molecule has 1 atom stereocenters. The fourth-order valence-corrected chi connectivity index (χ4v) is 4.53. The predicted octanol–water partition coefficient (Wildman–Crippen LogP) is 3.94. The molecule has 5 rings (SSSR count). The third kappa shape index (κ3) is 3.03. The molecule has 1 fully saturated rings. The molecule has 1 unspecified atom stereocenters. The van der Waals surface area contributed by atoms with Crippen molar-refractivity contribution in [2.75, 3.05) is 23.9 Å². The number of benzene rings is 3. The van der Waals surface area contributed by atoms with Crippen molar-refractivity contribution in [3.8, 4) is 5.75 Å². The summed E-state index contributed by atoms with van der Waals surface area (Å²) in [4.78, 5) is 27.4. The third-order valence-electron chi connectivity index (χ3n) is 5.98. The minimum absolute atomic E-state index is 0.00510. The molecule has 0 saturated carbocycles. The number of nitrogens with one attached hydrogen (secondary N) is 1. The SMILES string of the molecule is COc1cccc(NC(=O)C2CC(=O)N(c3ccc4c5c(cccc35)CC4)C2)c1. The van der Waals surface area contributed by atoms with Crippen molar-refractivity contribution in [3.63, 3.8) is 0 Å². The largest absolute Gasteiger partial charge is 0.497 e. The number of carbonyl (C=O) groups is 2. The summed E-state index contributed by atoms with van der Waals surface area (Å²) in [6.45, 7) is 0.396. The van der Waals surface area contributed by atoms with E-state index in [9.17, 15) is 9.59 Å². The lowest BCUT2D eigenvalue weighted by Crippen LogP contribution is -2.28. The average Bonchev–Trinajstić information content (AvgIpc) is 3.34. The van der Waals surface area contributed by atoms with E-state index in [1.54, 1.807) is 18.1 Å². The number of ether oxygens (including phenoxy) is 1. The van der Waals surface area contributed by atoms with Gasteiger partial charge in [-0.15, -0.1) is 0 Å². The lowest BCUT2D eigenvalue weighted by molar-refractivity contribution is -0.122. The molecule has 29 heavy (non-hydrogen) atoms. The molecular weight excluding hydrogens is 364 g/mol. The maximum absolute atomic E-state index is 12.8. The van der Waals surface area contributed by atoms with Gasteiger partial charge in [-0.1, -0.05) is 30.3 Å². The summed E-state index contributed by atoms with van der Waals surface area (Å²) in [6, 6.07) is 17.7. The van der Waals surface area contributed by atoms with Gasteiger partial charge in [0, 0.05) is 30.1 Å². The van der Waals surface area contributed by atoms with Crippen LogP contribution < -0.4 is 15.0 Å². The molecule has 146 valence electrons. The number of anilines is 2. The van der Waals surface area contributed by atoms with E-state index in [2.05, 4.69) is 29.6 Å². The lowest BCUT2D eigenvalue weighted by Gasteiger charge is -2.20. The van der Waals surface area contributed by atoms with E-state index in [1.165, 1.54) is 16.5 Å². The van der Waals surface area contributed by atoms with Gasteiger partial charge >= 0.3 is 0 Å². The van der Waals surface area contributed by atoms with E-state index >= 15 is 0 Å². The van der Waals surface area contributed by atoms with Crippen LogP contribution in [0.15, 0.2) is 54.6 Å². The van der Waals surface area contributed by atoms with Crippen LogP contribution in [0.2, 0.25) is 0 Å². The van der Waals surface area contributed by atoms with Gasteiger partial charge in [-0.05, 0) is 47.6 Å². The van der Waals surface area contributed by atoms with Crippen LogP contribution in [0.4, 0.5) is 11.4 Å². The summed E-state index contributed by atoms with van der Waals surface area (Å²) in [6.07, 6.45) is 2.32. The number of rotatable bonds is 4. The molecule has 1 aliphatic carbocycles. The molecule has 0 bridgehead atoms. The Balaban J connectivity index is 1.40. The first-order valence-corrected chi connectivity index (χ1v) is 9.93. The van der Waals surface area contributed by atoms with Crippen molar-refractivity contribution in [3.05, 3.63) is 65.7 Å². The van der Waals surface area contributed by atoms with E-state index < -0.39 is 0 Å². The van der Waals surface area contributed by atoms with Crippen molar-refractivity contribution in [2.45, 2.75) is 19.3 Å². The van der Waals surface area contributed by atoms with E-state index in [0.717, 1.165) is 23.9 Å². The maximum atomic E-state index is 12.8. The molecule has 1 heterocycles. The highest BCUT2D eigenvalue weighted by atomic mass is 16.5. The van der Waals surface area contributed by atoms with Gasteiger partial charge in [-0.3, -0.25) is 9.59 Å². The van der Waals surface area contributed by atoms with Crippen LogP contribution in [0.1, 0.15) is 17.5 Å². The summed E-state index contributed by atoms with van der Waals surface area (Å²) in [5, 5.41) is 5.31. The smallest absolute Gasteiger partial charge is 0.229 e. The zero-order valence-corrected chi connectivity index (χ0v) is 16.3. The zero-order valence-electron chi connectivity index (χ0n) is 16.3. The molecule has 0 aromatic heterocycles. The van der Waals surface area contributed by atoms with Gasteiger partial charge in [0.05, 0.1) is 18.7 Å². The predicted molar refractivity (Wildman–Crippen MR) is 113 cm³/mol. The number of methoxy groups -OCH3 is 1. The van der Waals surface area contributed by atoms with E-state index in [1.807, 2.05) is 24.3 Å². The Labute approximate surface area is 169 Å². The van der Waals surface area contributed by atoms with Crippen molar-refractivity contribution >= 4 is 34.0 Å². The van der Waals surface area contributed by atoms with Gasteiger partial charge in [0.2, 0.25) is 11.8 Å². The normalized spacial score (nSPS) is 17.8. The van der Waals surface area contributed by atoms with Crippen LogP contribution in [-0.4, -0.2) is 25.5 Å². The van der Waals surface area contributed by atoms with Crippen molar-refractivity contribution in [2.24, 2.45) is 5.92 Å². The fraction of sp³-hybridized carbons (Fsp3) is 0.250. The Morgan fingerprint density at radius 1 is 1.07 bits per heavy atom. The molecule has 1 aliphatic heterocycles. The number of carbonyl (C=O) groups excluding carboxylic acids is 2. The van der Waals surface area contributed by atoms with Crippen LogP contribution >= 0.6 is 0 Å². The summed E-state index contributed by atoms with van der Waals surface area (Å²) in [5.74, 6) is 0.158. The van der Waals surface area contributed by atoms with E-state index in [0.29, 0.717) is 18.0 Å². The quantitative estimate of drug-likeness (QED) is 0.739. The Hall–Kier alpha value is -3.34. The summed E-state index contributed by atoms with van der Waals surface area (Å²) >= 11 is 0. The minimum atomic E-state index is -0.378. The highest BCUT2D eigenvalue weighted by Gasteiger charge is 2.36. The molecule has 2 aliphatic rings. The van der Waals surface area contributed by atoms with Gasteiger partial charge in [0.1, 0.15) is 5.75 Å². The van der Waals surface area contributed by atoms with Gasteiger partial charge in [-0.2, -0.15) is 0 Å². The first-order valence-electron chi connectivity index (χ1n) is 9.93. The molecule has 0 radical (unpaired) electrons. The molecule has 5 nitrogen and oxygen atoms in total. The second-order valence-corrected chi connectivity index (χ2v) is 7.71. The number of aryl methyl sites for hydroxylation is 2. The number of amides is 2. The minimum Gasteiger partial charge on any atom is -0.497 e. The molecule has 1 N–H and O–H groups in total. The fourth-order valence-electron chi connectivity index (χ4n) is 4.53. The van der Waals surface area contributed by atoms with Crippen LogP contribution in [-0.2, 0) is 22.4 Å². The lowest BCUT2D eigenvalue weighted by atomic mass is 10.0. The van der Waals surface area contributed by atoms with Crippen LogP contribution in [0.3, 0.4) is 0 Å². The molecular formula is C24H22N2O3. The van der Waals surface area contributed by atoms with Crippen LogP contribution in [0.5, 0.6) is 5.75 Å². The van der Waals surface area contributed by atoms with Gasteiger partial charge in [-0.25, -0.2) is 0 Å². The summed E-state index contributed by atoms with van der Waals surface area (Å²) < 4.78 is 5.21. The average molecular weight is 386 g/mol. The molecule has 2 amide bonds. The molecule has 1 saturated heterocycles. The highest BCUT2D eigenvalue weighted by molar-refractivity contribution is 6.09. The van der Waals surface area contributed by atoms with E-state index in [4.69, 9.17) is 4.74 Å². The van der Waals surface area contributed by atoms with Crippen LogP contribution in [0, 0.1) is 5.92 Å².